The Labute approximate surface area is 159 Å². The normalized spacial score (nSPS) is 14.8. The van der Waals surface area contributed by atoms with Crippen molar-refractivity contribution in [3.05, 3.63) is 42.1 Å². The molecule has 1 aromatic carbocycles. The summed E-state index contributed by atoms with van der Waals surface area (Å²) in [6.45, 7) is 5.37. The number of carbonyl (C=O) groups is 1. The van der Waals surface area contributed by atoms with Crippen molar-refractivity contribution in [1.29, 1.82) is 0 Å². The summed E-state index contributed by atoms with van der Waals surface area (Å²) in [5.41, 5.74) is 2.18. The number of benzene rings is 1. The van der Waals surface area contributed by atoms with Crippen LogP contribution in [0.4, 0.5) is 17.2 Å². The van der Waals surface area contributed by atoms with Crippen LogP contribution in [-0.2, 0) is 4.74 Å². The topological polar surface area (TPSA) is 82.6 Å². The minimum absolute atomic E-state index is 0.274. The van der Waals surface area contributed by atoms with Gasteiger partial charge in [0.2, 0.25) is 0 Å². The van der Waals surface area contributed by atoms with Gasteiger partial charge in [0.05, 0.1) is 6.61 Å². The summed E-state index contributed by atoms with van der Waals surface area (Å²) < 4.78 is 4.96. The largest absolute Gasteiger partial charge is 0.383 e. The zero-order chi connectivity index (χ0) is 19.1. The average molecular weight is 370 g/mol. The van der Waals surface area contributed by atoms with Crippen molar-refractivity contribution in [3.63, 3.8) is 0 Å². The molecule has 3 rings (SSSR count). The predicted octanol–water partition coefficient (Wildman–Crippen LogP) is 1.54. The van der Waals surface area contributed by atoms with Gasteiger partial charge in [-0.2, -0.15) is 0 Å². The maximum atomic E-state index is 12.3. The molecule has 0 unspecified atom stereocenters. The first kappa shape index (κ1) is 19.1. The molecular weight excluding hydrogens is 344 g/mol. The summed E-state index contributed by atoms with van der Waals surface area (Å²) in [4.78, 5) is 17.0. The van der Waals surface area contributed by atoms with Crippen LogP contribution in [0.3, 0.4) is 0 Å². The molecular formula is C19H26N6O2. The van der Waals surface area contributed by atoms with Gasteiger partial charge in [0, 0.05) is 51.2 Å². The Kier molecular flexibility index (Phi) is 6.56. The highest BCUT2D eigenvalue weighted by Crippen LogP contribution is 2.19. The lowest BCUT2D eigenvalue weighted by atomic mass is 10.2. The van der Waals surface area contributed by atoms with Gasteiger partial charge >= 0.3 is 0 Å². The van der Waals surface area contributed by atoms with E-state index in [-0.39, 0.29) is 11.6 Å². The summed E-state index contributed by atoms with van der Waals surface area (Å²) in [6, 6.07) is 11.3. The monoisotopic (exact) mass is 370 g/mol. The fourth-order valence-electron chi connectivity index (χ4n) is 2.84. The number of likely N-dealkylation sites (N-methyl/N-ethyl adjacent to an activating group) is 1. The number of rotatable bonds is 7. The minimum atomic E-state index is -0.279. The summed E-state index contributed by atoms with van der Waals surface area (Å²) in [5.74, 6) is 0.332. The van der Waals surface area contributed by atoms with E-state index >= 15 is 0 Å². The molecule has 2 N–H and O–H groups in total. The van der Waals surface area contributed by atoms with E-state index in [9.17, 15) is 4.79 Å². The molecule has 1 amide bonds. The molecule has 1 aliphatic heterocycles. The van der Waals surface area contributed by atoms with Crippen LogP contribution in [0.15, 0.2) is 36.4 Å². The number of nitrogens with zero attached hydrogens (tertiary/aromatic N) is 4. The molecule has 0 saturated carbocycles. The van der Waals surface area contributed by atoms with E-state index in [2.05, 4.69) is 37.7 Å². The number of carbonyl (C=O) groups excluding carboxylic acids is 1. The molecule has 2 heterocycles. The zero-order valence-electron chi connectivity index (χ0n) is 15.8. The summed E-state index contributed by atoms with van der Waals surface area (Å²) in [7, 11) is 3.78. The van der Waals surface area contributed by atoms with Gasteiger partial charge in [0.1, 0.15) is 5.82 Å². The minimum Gasteiger partial charge on any atom is -0.383 e. The van der Waals surface area contributed by atoms with Gasteiger partial charge in [0.15, 0.2) is 5.69 Å². The Morgan fingerprint density at radius 3 is 2.44 bits per heavy atom. The molecule has 0 atom stereocenters. The second-order valence-electron chi connectivity index (χ2n) is 6.51. The van der Waals surface area contributed by atoms with Gasteiger partial charge in [0.25, 0.3) is 5.91 Å². The molecule has 144 valence electrons. The van der Waals surface area contributed by atoms with Crippen LogP contribution in [0.25, 0.3) is 0 Å². The molecule has 0 radical (unpaired) electrons. The van der Waals surface area contributed by atoms with Crippen molar-refractivity contribution < 1.29 is 9.53 Å². The van der Waals surface area contributed by atoms with Crippen molar-refractivity contribution in [2.24, 2.45) is 0 Å². The number of nitrogens with one attached hydrogen (secondary N) is 2. The maximum Gasteiger partial charge on any atom is 0.276 e. The van der Waals surface area contributed by atoms with Crippen LogP contribution < -0.4 is 15.5 Å². The lowest BCUT2D eigenvalue weighted by Gasteiger charge is -2.34. The number of ether oxygens (including phenoxy) is 1. The van der Waals surface area contributed by atoms with E-state index in [1.54, 1.807) is 19.2 Å². The SMILES string of the molecule is COCCNc1ccc(C(=O)Nc2ccc(N3CCN(C)CC3)cc2)nn1. The van der Waals surface area contributed by atoms with Crippen LogP contribution in [0.1, 0.15) is 10.5 Å². The third-order valence-electron chi connectivity index (χ3n) is 4.50. The molecule has 1 saturated heterocycles. The van der Waals surface area contributed by atoms with Crippen LogP contribution in [0, 0.1) is 0 Å². The molecule has 8 nitrogen and oxygen atoms in total. The maximum absolute atomic E-state index is 12.3. The number of methoxy groups -OCH3 is 1. The third-order valence-corrected chi connectivity index (χ3v) is 4.50. The molecule has 0 spiro atoms. The highest BCUT2D eigenvalue weighted by molar-refractivity contribution is 6.02. The Bertz CT molecular complexity index is 727. The number of piperazine rings is 1. The van der Waals surface area contributed by atoms with E-state index in [1.165, 1.54) is 5.69 Å². The van der Waals surface area contributed by atoms with E-state index < -0.39 is 0 Å². The standard InChI is InChI=1S/C19H26N6O2/c1-24-10-12-25(13-11-24)16-5-3-15(4-6-16)21-19(26)17-7-8-18(23-22-17)20-9-14-27-2/h3-8H,9-14H2,1-2H3,(H,20,23)(H,21,26). The van der Waals surface area contributed by atoms with Crippen molar-refractivity contribution in [2.75, 3.05) is 69.0 Å². The number of anilines is 3. The number of hydrogen-bond acceptors (Lipinski definition) is 7. The molecule has 1 aliphatic rings. The van der Waals surface area contributed by atoms with Gasteiger partial charge in [-0.25, -0.2) is 0 Å². The molecule has 1 fully saturated rings. The Balaban J connectivity index is 1.54. The quantitative estimate of drug-likeness (QED) is 0.716. The van der Waals surface area contributed by atoms with Crippen LogP contribution >= 0.6 is 0 Å². The lowest BCUT2D eigenvalue weighted by Crippen LogP contribution is -2.44. The smallest absolute Gasteiger partial charge is 0.276 e. The van der Waals surface area contributed by atoms with Crippen LogP contribution in [0.5, 0.6) is 0 Å². The van der Waals surface area contributed by atoms with Gasteiger partial charge in [-0.3, -0.25) is 4.79 Å². The van der Waals surface area contributed by atoms with Crippen molar-refractivity contribution in [2.45, 2.75) is 0 Å². The van der Waals surface area contributed by atoms with Crippen LogP contribution in [-0.4, -0.2) is 74.5 Å². The predicted molar refractivity (Wildman–Crippen MR) is 107 cm³/mol. The lowest BCUT2D eigenvalue weighted by molar-refractivity contribution is 0.102. The summed E-state index contributed by atoms with van der Waals surface area (Å²) >= 11 is 0. The average Bonchev–Trinajstić information content (AvgIpc) is 2.70. The first-order valence-corrected chi connectivity index (χ1v) is 9.07. The van der Waals surface area contributed by atoms with Gasteiger partial charge < -0.3 is 25.2 Å². The fraction of sp³-hybridized carbons (Fsp3) is 0.421. The number of aromatic nitrogens is 2. The Hall–Kier alpha value is -2.71. The van der Waals surface area contributed by atoms with Crippen molar-refractivity contribution >= 4 is 23.1 Å². The molecule has 27 heavy (non-hydrogen) atoms. The number of hydrogen-bond donors (Lipinski definition) is 2. The fourth-order valence-corrected chi connectivity index (χ4v) is 2.84. The molecule has 2 aromatic rings. The van der Waals surface area contributed by atoms with Gasteiger partial charge in [-0.1, -0.05) is 0 Å². The van der Waals surface area contributed by atoms with E-state index in [1.807, 2.05) is 24.3 Å². The van der Waals surface area contributed by atoms with Crippen LogP contribution in [0.2, 0.25) is 0 Å². The van der Waals surface area contributed by atoms with Crippen molar-refractivity contribution in [1.82, 2.24) is 15.1 Å². The van der Waals surface area contributed by atoms with Gasteiger partial charge in [-0.15, -0.1) is 10.2 Å². The second kappa shape index (κ2) is 9.29. The molecule has 1 aromatic heterocycles. The second-order valence-corrected chi connectivity index (χ2v) is 6.51. The number of amides is 1. The molecule has 0 bridgehead atoms. The first-order valence-electron chi connectivity index (χ1n) is 9.07. The van der Waals surface area contributed by atoms with E-state index in [0.717, 1.165) is 31.9 Å². The zero-order valence-corrected chi connectivity index (χ0v) is 15.8. The highest BCUT2D eigenvalue weighted by atomic mass is 16.5. The van der Waals surface area contributed by atoms with E-state index in [0.29, 0.717) is 19.0 Å². The highest BCUT2D eigenvalue weighted by Gasteiger charge is 2.14. The molecule has 0 aliphatic carbocycles. The summed E-state index contributed by atoms with van der Waals surface area (Å²) in [6.07, 6.45) is 0. The van der Waals surface area contributed by atoms with Crippen molar-refractivity contribution in [3.8, 4) is 0 Å². The summed E-state index contributed by atoms with van der Waals surface area (Å²) in [5, 5.41) is 13.9. The van der Waals surface area contributed by atoms with Gasteiger partial charge in [-0.05, 0) is 43.4 Å². The Morgan fingerprint density at radius 1 is 1.07 bits per heavy atom. The first-order chi connectivity index (χ1) is 13.2. The third kappa shape index (κ3) is 5.38. The molecule has 8 heteroatoms. The van der Waals surface area contributed by atoms with E-state index in [4.69, 9.17) is 4.74 Å². The Morgan fingerprint density at radius 2 is 1.81 bits per heavy atom.